The summed E-state index contributed by atoms with van der Waals surface area (Å²) < 4.78 is 0. The smallest absolute Gasteiger partial charge is 0.133 e. The largest absolute Gasteiger partial charge is 0.396 e. The van der Waals surface area contributed by atoms with E-state index in [0.717, 1.165) is 30.1 Å². The van der Waals surface area contributed by atoms with Crippen LogP contribution in [0.1, 0.15) is 78.6 Å². The number of rotatable bonds is 2. The van der Waals surface area contributed by atoms with Crippen LogP contribution in [0.25, 0.3) is 0 Å². The van der Waals surface area contributed by atoms with Gasteiger partial charge in [-0.25, -0.2) is 0 Å². The van der Waals surface area contributed by atoms with Crippen molar-refractivity contribution in [3.05, 3.63) is 0 Å². The van der Waals surface area contributed by atoms with Gasteiger partial charge in [0.25, 0.3) is 0 Å². The average molecular weight is 333 g/mol. The fraction of sp³-hybridized carbons (Fsp3) is 0.955. The number of hydrogen-bond donors (Lipinski definition) is 1. The molecular formula is C22H36O2. The second kappa shape index (κ2) is 5.83. The first-order valence-electron chi connectivity index (χ1n) is 10.5. The minimum atomic E-state index is 0.290. The Labute approximate surface area is 147 Å². The van der Waals surface area contributed by atoms with E-state index in [1.165, 1.54) is 51.4 Å². The molecule has 4 fully saturated rings. The second-order valence-corrected chi connectivity index (χ2v) is 10.3. The van der Waals surface area contributed by atoms with Crippen LogP contribution in [-0.4, -0.2) is 17.5 Å². The number of carbonyl (C=O) groups is 1. The highest BCUT2D eigenvalue weighted by Gasteiger charge is 2.60. The number of Topliss-reactive ketones (excluding diaryl/α,β-unsaturated/α-hetero) is 1. The lowest BCUT2D eigenvalue weighted by molar-refractivity contribution is -0.136. The van der Waals surface area contributed by atoms with Gasteiger partial charge in [0.2, 0.25) is 0 Å². The molecule has 136 valence electrons. The lowest BCUT2D eigenvalue weighted by Gasteiger charge is -2.61. The Kier molecular flexibility index (Phi) is 4.14. The average Bonchev–Trinajstić information content (AvgIpc) is 2.91. The Bertz CT molecular complexity index is 514. The molecule has 0 bridgehead atoms. The van der Waals surface area contributed by atoms with E-state index in [-0.39, 0.29) is 0 Å². The van der Waals surface area contributed by atoms with Crippen LogP contribution >= 0.6 is 0 Å². The van der Waals surface area contributed by atoms with Crippen molar-refractivity contribution >= 4 is 5.78 Å². The molecule has 4 rings (SSSR count). The minimum absolute atomic E-state index is 0.290. The quantitative estimate of drug-likeness (QED) is 0.785. The van der Waals surface area contributed by atoms with Crippen LogP contribution in [0.3, 0.4) is 0 Å². The van der Waals surface area contributed by atoms with Gasteiger partial charge in [-0.3, -0.25) is 4.79 Å². The fourth-order valence-electron chi connectivity index (χ4n) is 8.18. The maximum Gasteiger partial charge on any atom is 0.133 e. The molecule has 1 N–H and O–H groups in total. The zero-order valence-electron chi connectivity index (χ0n) is 15.9. The molecule has 0 heterocycles. The van der Waals surface area contributed by atoms with E-state index in [0.29, 0.717) is 35.1 Å². The third kappa shape index (κ3) is 2.27. The minimum Gasteiger partial charge on any atom is -0.396 e. The summed E-state index contributed by atoms with van der Waals surface area (Å²) in [6.45, 7) is 7.26. The zero-order chi connectivity index (χ0) is 17.1. The summed E-state index contributed by atoms with van der Waals surface area (Å²) >= 11 is 0. The van der Waals surface area contributed by atoms with Gasteiger partial charge >= 0.3 is 0 Å². The van der Waals surface area contributed by atoms with Crippen LogP contribution in [0.15, 0.2) is 0 Å². The summed E-state index contributed by atoms with van der Waals surface area (Å²) in [5, 5.41) is 9.60. The molecule has 0 amide bonds. The van der Waals surface area contributed by atoms with Crippen LogP contribution in [0, 0.1) is 46.3 Å². The van der Waals surface area contributed by atoms with E-state index in [1.54, 1.807) is 0 Å². The lowest BCUT2D eigenvalue weighted by Crippen LogP contribution is -2.54. The van der Waals surface area contributed by atoms with Gasteiger partial charge in [-0.1, -0.05) is 13.8 Å². The lowest BCUT2D eigenvalue weighted by atomic mass is 9.44. The summed E-state index contributed by atoms with van der Waals surface area (Å²) in [6.07, 6.45) is 11.6. The summed E-state index contributed by atoms with van der Waals surface area (Å²) in [7, 11) is 0. The fourth-order valence-corrected chi connectivity index (χ4v) is 8.18. The highest BCUT2D eigenvalue weighted by Crippen LogP contribution is 2.67. The van der Waals surface area contributed by atoms with Crippen LogP contribution in [0.4, 0.5) is 0 Å². The zero-order valence-corrected chi connectivity index (χ0v) is 15.9. The van der Waals surface area contributed by atoms with Gasteiger partial charge < -0.3 is 5.11 Å². The molecule has 0 aromatic rings. The maximum absolute atomic E-state index is 12.2. The molecule has 0 aromatic heterocycles. The molecule has 4 aliphatic rings. The highest BCUT2D eigenvalue weighted by molar-refractivity contribution is 5.79. The monoisotopic (exact) mass is 332 g/mol. The molecule has 0 spiro atoms. The Morgan fingerprint density at radius 2 is 1.67 bits per heavy atom. The first-order valence-corrected chi connectivity index (χ1v) is 10.5. The second-order valence-electron chi connectivity index (χ2n) is 10.3. The molecule has 4 aliphatic carbocycles. The number of fused-ring (bicyclic) bond motifs is 5. The van der Waals surface area contributed by atoms with Crippen molar-refractivity contribution in [1.29, 1.82) is 0 Å². The molecule has 0 aliphatic heterocycles. The predicted molar refractivity (Wildman–Crippen MR) is 96.5 cm³/mol. The van der Waals surface area contributed by atoms with Crippen molar-refractivity contribution < 1.29 is 9.90 Å². The maximum atomic E-state index is 12.2. The van der Waals surface area contributed by atoms with Crippen LogP contribution in [0.2, 0.25) is 0 Å². The molecular weight excluding hydrogens is 296 g/mol. The summed E-state index contributed by atoms with van der Waals surface area (Å²) in [5.41, 5.74) is 0.794. The topological polar surface area (TPSA) is 37.3 Å². The van der Waals surface area contributed by atoms with Crippen molar-refractivity contribution in [3.8, 4) is 0 Å². The van der Waals surface area contributed by atoms with E-state index < -0.39 is 0 Å². The first-order chi connectivity index (χ1) is 11.4. The number of aliphatic hydroxyl groups is 1. The summed E-state index contributed by atoms with van der Waals surface area (Å²) in [5.74, 6) is 4.69. The third-order valence-electron chi connectivity index (χ3n) is 9.52. The van der Waals surface area contributed by atoms with Gasteiger partial charge in [-0.2, -0.15) is 0 Å². The normalized spacial score (nSPS) is 53.8. The van der Waals surface area contributed by atoms with Crippen molar-refractivity contribution in [1.82, 2.24) is 0 Å². The van der Waals surface area contributed by atoms with E-state index in [4.69, 9.17) is 0 Å². The predicted octanol–water partition coefficient (Wildman–Crippen LogP) is 4.84. The van der Waals surface area contributed by atoms with Crippen molar-refractivity contribution in [2.24, 2.45) is 46.3 Å². The molecule has 4 unspecified atom stereocenters. The van der Waals surface area contributed by atoms with Gasteiger partial charge in [-0.15, -0.1) is 0 Å². The first kappa shape index (κ1) is 17.1. The number of aliphatic hydroxyl groups excluding tert-OH is 1. The van der Waals surface area contributed by atoms with Crippen LogP contribution in [-0.2, 0) is 4.79 Å². The van der Waals surface area contributed by atoms with Crippen molar-refractivity contribution in [2.45, 2.75) is 78.6 Å². The molecule has 0 aromatic carbocycles. The Balaban J connectivity index is 1.59. The van der Waals surface area contributed by atoms with Gasteiger partial charge in [0.05, 0.1) is 0 Å². The van der Waals surface area contributed by atoms with E-state index in [1.807, 2.05) is 6.92 Å². The standard InChI is InChI=1S/C22H36O2/c1-14(24)18-6-7-19-17-5-4-16-12-15(13-23)8-10-21(16,2)20(17)9-11-22(18,19)3/h15-20,23H,4-13H2,1-3H3/t15-,16?,17?,18+,19?,20?,21-,22+/m0/s1. The Hall–Kier alpha value is -0.370. The SMILES string of the molecule is CC(=O)[C@H]1CCC2C3CCC4C[C@@H](CO)CC[C@]4(C)C3CC[C@@]21C. The van der Waals surface area contributed by atoms with Crippen LogP contribution < -0.4 is 0 Å². The van der Waals surface area contributed by atoms with Gasteiger partial charge in [-0.05, 0) is 105 Å². The van der Waals surface area contributed by atoms with Crippen LogP contribution in [0.5, 0.6) is 0 Å². The Morgan fingerprint density at radius 3 is 2.38 bits per heavy atom. The highest BCUT2D eigenvalue weighted by atomic mass is 16.3. The number of hydrogen-bond acceptors (Lipinski definition) is 2. The van der Waals surface area contributed by atoms with Gasteiger partial charge in [0.15, 0.2) is 0 Å². The summed E-state index contributed by atoms with van der Waals surface area (Å²) in [6, 6.07) is 0. The van der Waals surface area contributed by atoms with Gasteiger partial charge in [0, 0.05) is 12.5 Å². The number of carbonyl (C=O) groups excluding carboxylic acids is 1. The van der Waals surface area contributed by atoms with E-state index in [2.05, 4.69) is 13.8 Å². The molecule has 8 atom stereocenters. The molecule has 0 radical (unpaired) electrons. The third-order valence-corrected chi connectivity index (χ3v) is 9.52. The van der Waals surface area contributed by atoms with E-state index in [9.17, 15) is 9.90 Å². The van der Waals surface area contributed by atoms with Crippen molar-refractivity contribution in [3.63, 3.8) is 0 Å². The Morgan fingerprint density at radius 1 is 0.958 bits per heavy atom. The van der Waals surface area contributed by atoms with Gasteiger partial charge in [0.1, 0.15) is 5.78 Å². The summed E-state index contributed by atoms with van der Waals surface area (Å²) in [4.78, 5) is 12.2. The van der Waals surface area contributed by atoms with E-state index >= 15 is 0 Å². The van der Waals surface area contributed by atoms with Crippen molar-refractivity contribution in [2.75, 3.05) is 6.61 Å². The molecule has 0 saturated heterocycles. The number of ketones is 1. The molecule has 2 nitrogen and oxygen atoms in total. The molecule has 2 heteroatoms. The molecule has 4 saturated carbocycles. The molecule has 24 heavy (non-hydrogen) atoms.